The van der Waals surface area contributed by atoms with E-state index in [1.54, 1.807) is 0 Å². The quantitative estimate of drug-likeness (QED) is 0.775. The number of anilines is 1. The molecule has 0 bridgehead atoms. The van der Waals surface area contributed by atoms with Crippen LogP contribution < -0.4 is 15.4 Å². The van der Waals surface area contributed by atoms with Gasteiger partial charge >= 0.3 is 0 Å². The van der Waals surface area contributed by atoms with Crippen molar-refractivity contribution in [3.63, 3.8) is 0 Å². The van der Waals surface area contributed by atoms with E-state index in [-0.39, 0.29) is 0 Å². The van der Waals surface area contributed by atoms with Gasteiger partial charge in [-0.3, -0.25) is 0 Å². The Kier molecular flexibility index (Phi) is 4.98. The van der Waals surface area contributed by atoms with E-state index in [0.29, 0.717) is 13.2 Å². The normalized spacial score (nSPS) is 10.1. The molecule has 15 heavy (non-hydrogen) atoms. The van der Waals surface area contributed by atoms with E-state index in [4.69, 9.17) is 10.5 Å². The third-order valence-corrected chi connectivity index (χ3v) is 2.29. The predicted molar refractivity (Wildman–Crippen MR) is 64.6 cm³/mol. The standard InChI is InChI=1S/C12H20N2O/c1-3-14(10-9-13)11-7-5-6-8-12(11)15-4-2/h5-8H,3-4,9-10,13H2,1-2H3. The van der Waals surface area contributed by atoms with E-state index in [1.165, 1.54) is 0 Å². The summed E-state index contributed by atoms with van der Waals surface area (Å²) in [7, 11) is 0. The number of likely N-dealkylation sites (N-methyl/N-ethyl adjacent to an activating group) is 1. The van der Waals surface area contributed by atoms with Gasteiger partial charge in [0.1, 0.15) is 5.75 Å². The molecule has 1 aromatic rings. The first kappa shape index (κ1) is 11.9. The highest BCUT2D eigenvalue weighted by molar-refractivity contribution is 5.58. The highest BCUT2D eigenvalue weighted by Gasteiger charge is 2.08. The zero-order chi connectivity index (χ0) is 11.1. The Hall–Kier alpha value is -1.22. The van der Waals surface area contributed by atoms with Crippen LogP contribution in [-0.4, -0.2) is 26.2 Å². The first-order valence-electron chi connectivity index (χ1n) is 5.50. The van der Waals surface area contributed by atoms with Gasteiger partial charge in [-0.2, -0.15) is 0 Å². The molecule has 1 aromatic carbocycles. The average Bonchev–Trinajstić information content (AvgIpc) is 2.27. The fourth-order valence-corrected chi connectivity index (χ4v) is 1.60. The van der Waals surface area contributed by atoms with Crippen molar-refractivity contribution in [1.82, 2.24) is 0 Å². The van der Waals surface area contributed by atoms with Crippen LogP contribution in [0.15, 0.2) is 24.3 Å². The van der Waals surface area contributed by atoms with Crippen molar-refractivity contribution in [3.05, 3.63) is 24.3 Å². The predicted octanol–water partition coefficient (Wildman–Crippen LogP) is 1.87. The molecule has 0 saturated heterocycles. The molecule has 0 spiro atoms. The molecule has 0 aliphatic rings. The Labute approximate surface area is 91.8 Å². The third kappa shape index (κ3) is 3.13. The van der Waals surface area contributed by atoms with E-state index in [2.05, 4.69) is 17.9 Å². The van der Waals surface area contributed by atoms with Crippen molar-refractivity contribution in [2.24, 2.45) is 5.73 Å². The van der Waals surface area contributed by atoms with Gasteiger partial charge in [0.05, 0.1) is 12.3 Å². The van der Waals surface area contributed by atoms with Gasteiger partial charge in [-0.25, -0.2) is 0 Å². The molecule has 3 nitrogen and oxygen atoms in total. The molecule has 84 valence electrons. The summed E-state index contributed by atoms with van der Waals surface area (Å²) in [5.41, 5.74) is 6.72. The van der Waals surface area contributed by atoms with E-state index < -0.39 is 0 Å². The summed E-state index contributed by atoms with van der Waals surface area (Å²) in [6, 6.07) is 8.09. The molecule has 1 rings (SSSR count). The maximum atomic E-state index is 5.58. The first-order valence-corrected chi connectivity index (χ1v) is 5.50. The molecule has 0 atom stereocenters. The van der Waals surface area contributed by atoms with Gasteiger partial charge < -0.3 is 15.4 Å². The zero-order valence-electron chi connectivity index (χ0n) is 9.57. The maximum absolute atomic E-state index is 5.58. The van der Waals surface area contributed by atoms with Crippen LogP contribution in [0, 0.1) is 0 Å². The minimum absolute atomic E-state index is 0.661. The fraction of sp³-hybridized carbons (Fsp3) is 0.500. The van der Waals surface area contributed by atoms with Gasteiger partial charge in [0.25, 0.3) is 0 Å². The summed E-state index contributed by atoms with van der Waals surface area (Å²) in [6.07, 6.45) is 0. The first-order chi connectivity index (χ1) is 7.33. The van der Waals surface area contributed by atoms with Crippen LogP contribution in [0.1, 0.15) is 13.8 Å². The smallest absolute Gasteiger partial charge is 0.142 e. The summed E-state index contributed by atoms with van der Waals surface area (Å²) in [5.74, 6) is 0.940. The molecule has 0 fully saturated rings. The molecule has 0 amide bonds. The Morgan fingerprint density at radius 1 is 1.27 bits per heavy atom. The average molecular weight is 208 g/mol. The van der Waals surface area contributed by atoms with Crippen molar-refractivity contribution in [2.75, 3.05) is 31.1 Å². The summed E-state index contributed by atoms with van der Waals surface area (Å²) in [4.78, 5) is 2.23. The van der Waals surface area contributed by atoms with Gasteiger partial charge in [-0.1, -0.05) is 12.1 Å². The van der Waals surface area contributed by atoms with Crippen LogP contribution >= 0.6 is 0 Å². The van der Waals surface area contributed by atoms with Gasteiger partial charge in [-0.15, -0.1) is 0 Å². The largest absolute Gasteiger partial charge is 0.492 e. The SMILES string of the molecule is CCOc1ccccc1N(CC)CCN. The number of nitrogens with zero attached hydrogens (tertiary/aromatic N) is 1. The molecule has 0 aromatic heterocycles. The van der Waals surface area contributed by atoms with Crippen molar-refractivity contribution < 1.29 is 4.74 Å². The molecule has 2 N–H and O–H groups in total. The molecule has 0 heterocycles. The molecular weight excluding hydrogens is 188 g/mol. The monoisotopic (exact) mass is 208 g/mol. The third-order valence-electron chi connectivity index (χ3n) is 2.29. The second kappa shape index (κ2) is 6.30. The second-order valence-corrected chi connectivity index (χ2v) is 3.27. The second-order valence-electron chi connectivity index (χ2n) is 3.27. The molecule has 0 unspecified atom stereocenters. The molecule has 0 aliphatic carbocycles. The number of hydrogen-bond acceptors (Lipinski definition) is 3. The summed E-state index contributed by atoms with van der Waals surface area (Å²) in [6.45, 7) is 7.28. The van der Waals surface area contributed by atoms with E-state index in [0.717, 1.165) is 24.5 Å². The lowest BCUT2D eigenvalue weighted by Gasteiger charge is -2.24. The fourth-order valence-electron chi connectivity index (χ4n) is 1.60. The van der Waals surface area contributed by atoms with Crippen LogP contribution in [-0.2, 0) is 0 Å². The van der Waals surface area contributed by atoms with Crippen LogP contribution in [0.2, 0.25) is 0 Å². The molecule has 3 heteroatoms. The number of para-hydroxylation sites is 2. The van der Waals surface area contributed by atoms with Crippen LogP contribution in [0.3, 0.4) is 0 Å². The molecule has 0 aliphatic heterocycles. The highest BCUT2D eigenvalue weighted by Crippen LogP contribution is 2.27. The summed E-state index contributed by atoms with van der Waals surface area (Å²) in [5, 5.41) is 0. The van der Waals surface area contributed by atoms with Crippen molar-refractivity contribution in [3.8, 4) is 5.75 Å². The Balaban J connectivity index is 2.88. The van der Waals surface area contributed by atoms with Crippen molar-refractivity contribution >= 4 is 5.69 Å². The Morgan fingerprint density at radius 2 is 2.00 bits per heavy atom. The van der Waals surface area contributed by atoms with Gasteiger partial charge in [0, 0.05) is 19.6 Å². The lowest BCUT2D eigenvalue weighted by molar-refractivity contribution is 0.340. The lowest BCUT2D eigenvalue weighted by atomic mass is 10.2. The van der Waals surface area contributed by atoms with E-state index in [9.17, 15) is 0 Å². The number of nitrogens with two attached hydrogens (primary N) is 1. The Morgan fingerprint density at radius 3 is 2.60 bits per heavy atom. The zero-order valence-corrected chi connectivity index (χ0v) is 9.57. The summed E-state index contributed by atoms with van der Waals surface area (Å²) < 4.78 is 5.58. The van der Waals surface area contributed by atoms with Crippen LogP contribution in [0.4, 0.5) is 5.69 Å². The van der Waals surface area contributed by atoms with Gasteiger partial charge in [-0.05, 0) is 26.0 Å². The number of hydrogen-bond donors (Lipinski definition) is 1. The van der Waals surface area contributed by atoms with Gasteiger partial charge in [0.15, 0.2) is 0 Å². The molecule has 0 saturated carbocycles. The van der Waals surface area contributed by atoms with E-state index in [1.807, 2.05) is 25.1 Å². The highest BCUT2D eigenvalue weighted by atomic mass is 16.5. The topological polar surface area (TPSA) is 38.5 Å². The van der Waals surface area contributed by atoms with Crippen molar-refractivity contribution in [2.45, 2.75) is 13.8 Å². The molecular formula is C12H20N2O. The minimum atomic E-state index is 0.661. The Bertz CT molecular complexity index is 289. The van der Waals surface area contributed by atoms with Crippen molar-refractivity contribution in [1.29, 1.82) is 0 Å². The summed E-state index contributed by atoms with van der Waals surface area (Å²) >= 11 is 0. The number of ether oxygens (including phenoxy) is 1. The number of rotatable bonds is 6. The lowest BCUT2D eigenvalue weighted by Crippen LogP contribution is -2.29. The maximum Gasteiger partial charge on any atom is 0.142 e. The van der Waals surface area contributed by atoms with Crippen LogP contribution in [0.25, 0.3) is 0 Å². The molecule has 0 radical (unpaired) electrons. The van der Waals surface area contributed by atoms with Gasteiger partial charge in [0.2, 0.25) is 0 Å². The number of benzene rings is 1. The minimum Gasteiger partial charge on any atom is -0.492 e. The van der Waals surface area contributed by atoms with E-state index >= 15 is 0 Å². The van der Waals surface area contributed by atoms with Crippen LogP contribution in [0.5, 0.6) is 5.75 Å².